The van der Waals surface area contributed by atoms with E-state index in [2.05, 4.69) is 20.5 Å². The van der Waals surface area contributed by atoms with Gasteiger partial charge >= 0.3 is 0 Å². The van der Waals surface area contributed by atoms with Crippen LogP contribution in [-0.2, 0) is 16.0 Å². The zero-order valence-corrected chi connectivity index (χ0v) is 15.9. The molecule has 0 aliphatic carbocycles. The van der Waals surface area contributed by atoms with Crippen molar-refractivity contribution in [1.82, 2.24) is 20.4 Å². The maximum absolute atomic E-state index is 11.8. The van der Waals surface area contributed by atoms with E-state index < -0.39 is 0 Å². The van der Waals surface area contributed by atoms with Crippen LogP contribution in [0.15, 0.2) is 27.8 Å². The number of carbonyl (C=O) groups excluding carboxylic acids is 1. The second-order valence-electron chi connectivity index (χ2n) is 6.44. The monoisotopic (exact) mass is 365 g/mol. The Morgan fingerprint density at radius 2 is 2.04 bits per heavy atom. The third-order valence-corrected chi connectivity index (χ3v) is 4.16. The van der Waals surface area contributed by atoms with Crippen molar-refractivity contribution in [3.8, 4) is 0 Å². The molecule has 0 bridgehead atoms. The Kier molecular flexibility index (Phi) is 8.99. The quantitative estimate of drug-likeness (QED) is 0.369. The highest BCUT2D eigenvalue weighted by molar-refractivity contribution is 5.84. The van der Waals surface area contributed by atoms with E-state index in [4.69, 9.17) is 9.15 Å². The molecular formula is C18H31N5O3. The molecule has 8 heteroatoms. The lowest BCUT2D eigenvalue weighted by molar-refractivity contribution is -0.127. The van der Waals surface area contributed by atoms with Gasteiger partial charge in [-0.05, 0) is 25.1 Å². The van der Waals surface area contributed by atoms with Gasteiger partial charge in [0.15, 0.2) is 5.96 Å². The first-order valence-corrected chi connectivity index (χ1v) is 9.20. The van der Waals surface area contributed by atoms with E-state index in [1.54, 1.807) is 25.3 Å². The van der Waals surface area contributed by atoms with Crippen molar-refractivity contribution in [3.63, 3.8) is 0 Å². The van der Waals surface area contributed by atoms with E-state index in [9.17, 15) is 4.79 Å². The molecule has 2 N–H and O–H groups in total. The molecule has 1 aliphatic rings. The van der Waals surface area contributed by atoms with Crippen molar-refractivity contribution in [1.29, 1.82) is 0 Å². The predicted molar refractivity (Wildman–Crippen MR) is 101 cm³/mol. The molecule has 1 aromatic rings. The molecular weight excluding hydrogens is 334 g/mol. The molecule has 0 saturated carbocycles. The average Bonchev–Trinajstić information content (AvgIpc) is 3.16. The Labute approximate surface area is 155 Å². The fourth-order valence-corrected chi connectivity index (χ4v) is 2.56. The van der Waals surface area contributed by atoms with Gasteiger partial charge in [-0.2, -0.15) is 0 Å². The molecule has 146 valence electrons. The van der Waals surface area contributed by atoms with Gasteiger partial charge in [0.05, 0.1) is 19.5 Å². The van der Waals surface area contributed by atoms with Gasteiger partial charge in [-0.15, -0.1) is 0 Å². The van der Waals surface area contributed by atoms with Crippen LogP contribution >= 0.6 is 0 Å². The van der Waals surface area contributed by atoms with Gasteiger partial charge in [0.2, 0.25) is 5.91 Å². The van der Waals surface area contributed by atoms with E-state index >= 15 is 0 Å². The molecule has 0 spiro atoms. The Morgan fingerprint density at radius 1 is 1.27 bits per heavy atom. The summed E-state index contributed by atoms with van der Waals surface area (Å²) in [6.45, 7) is 6.31. The lowest BCUT2D eigenvalue weighted by atomic mass is 10.3. The van der Waals surface area contributed by atoms with Crippen LogP contribution < -0.4 is 10.6 Å². The first-order valence-electron chi connectivity index (χ1n) is 9.20. The smallest absolute Gasteiger partial charge is 0.243 e. The van der Waals surface area contributed by atoms with Gasteiger partial charge < -0.3 is 24.7 Å². The Morgan fingerprint density at radius 3 is 2.73 bits per heavy atom. The Hall–Kier alpha value is -2.06. The second-order valence-corrected chi connectivity index (χ2v) is 6.44. The number of rotatable bonds is 9. The van der Waals surface area contributed by atoms with Crippen LogP contribution in [0.2, 0.25) is 0 Å². The van der Waals surface area contributed by atoms with Crippen LogP contribution in [-0.4, -0.2) is 88.2 Å². The van der Waals surface area contributed by atoms with E-state index in [0.29, 0.717) is 12.5 Å². The van der Waals surface area contributed by atoms with E-state index in [0.717, 1.165) is 58.0 Å². The number of amides is 1. The number of aliphatic imine (C=N–C) groups is 1. The molecule has 1 saturated heterocycles. The summed E-state index contributed by atoms with van der Waals surface area (Å²) in [4.78, 5) is 20.1. The number of nitrogens with zero attached hydrogens (tertiary/aromatic N) is 3. The molecule has 0 atom stereocenters. The van der Waals surface area contributed by atoms with Gasteiger partial charge in [-0.3, -0.25) is 9.69 Å². The molecule has 0 unspecified atom stereocenters. The molecule has 1 aliphatic heterocycles. The van der Waals surface area contributed by atoms with Crippen LogP contribution in [0.25, 0.3) is 0 Å². The van der Waals surface area contributed by atoms with Crippen LogP contribution in [0.5, 0.6) is 0 Å². The van der Waals surface area contributed by atoms with Crippen molar-refractivity contribution in [2.24, 2.45) is 4.99 Å². The Balaban J connectivity index is 1.73. The van der Waals surface area contributed by atoms with Gasteiger partial charge in [-0.25, -0.2) is 4.99 Å². The third-order valence-electron chi connectivity index (χ3n) is 4.16. The van der Waals surface area contributed by atoms with Gasteiger partial charge in [0.1, 0.15) is 12.3 Å². The third kappa shape index (κ3) is 7.88. The first-order chi connectivity index (χ1) is 12.6. The SMILES string of the molecule is CN(C)C(=O)CN=C(NCCCN1CCOCC1)NCCc1ccco1. The summed E-state index contributed by atoms with van der Waals surface area (Å²) in [5.41, 5.74) is 0. The van der Waals surface area contributed by atoms with Gasteiger partial charge in [0, 0.05) is 46.7 Å². The van der Waals surface area contributed by atoms with E-state index in [-0.39, 0.29) is 12.5 Å². The number of hydrogen-bond acceptors (Lipinski definition) is 5. The molecule has 0 aromatic carbocycles. The van der Waals surface area contributed by atoms with Gasteiger partial charge in [-0.1, -0.05) is 0 Å². The molecule has 2 rings (SSSR count). The number of carbonyl (C=O) groups is 1. The van der Waals surface area contributed by atoms with Crippen molar-refractivity contribution < 1.29 is 13.9 Å². The molecule has 0 radical (unpaired) electrons. The second kappa shape index (κ2) is 11.5. The average molecular weight is 365 g/mol. The highest BCUT2D eigenvalue weighted by atomic mass is 16.5. The summed E-state index contributed by atoms with van der Waals surface area (Å²) in [7, 11) is 3.47. The number of likely N-dealkylation sites (N-methyl/N-ethyl adjacent to an activating group) is 1. The van der Waals surface area contributed by atoms with Gasteiger partial charge in [0.25, 0.3) is 0 Å². The number of morpholine rings is 1. The molecule has 1 amide bonds. The molecule has 1 aromatic heterocycles. The maximum atomic E-state index is 11.8. The molecule has 1 fully saturated rings. The summed E-state index contributed by atoms with van der Waals surface area (Å²) in [6.07, 6.45) is 3.45. The minimum atomic E-state index is -0.0227. The highest BCUT2D eigenvalue weighted by Gasteiger charge is 2.09. The maximum Gasteiger partial charge on any atom is 0.243 e. The standard InChI is InChI=1S/C18H31N5O3/c1-22(2)17(24)15-21-18(20-8-6-16-5-3-12-26-16)19-7-4-9-23-10-13-25-14-11-23/h3,5,12H,4,6-11,13-15H2,1-2H3,(H2,19,20,21). The number of guanidine groups is 1. The van der Waals surface area contributed by atoms with Crippen LogP contribution in [0.3, 0.4) is 0 Å². The number of furan rings is 1. The van der Waals surface area contributed by atoms with Crippen LogP contribution in [0.1, 0.15) is 12.2 Å². The predicted octanol–water partition coefficient (Wildman–Crippen LogP) is 0.168. The summed E-state index contributed by atoms with van der Waals surface area (Å²) < 4.78 is 10.7. The fourth-order valence-electron chi connectivity index (χ4n) is 2.56. The van der Waals surface area contributed by atoms with Crippen molar-refractivity contribution in [3.05, 3.63) is 24.2 Å². The van der Waals surface area contributed by atoms with Crippen molar-refractivity contribution >= 4 is 11.9 Å². The van der Waals surface area contributed by atoms with Crippen molar-refractivity contribution in [2.45, 2.75) is 12.8 Å². The number of hydrogen-bond donors (Lipinski definition) is 2. The molecule has 2 heterocycles. The number of ether oxygens (including phenoxy) is 1. The topological polar surface area (TPSA) is 82.3 Å². The molecule has 26 heavy (non-hydrogen) atoms. The van der Waals surface area contributed by atoms with E-state index in [1.165, 1.54) is 0 Å². The van der Waals surface area contributed by atoms with Crippen LogP contribution in [0.4, 0.5) is 0 Å². The molecule has 8 nitrogen and oxygen atoms in total. The zero-order valence-electron chi connectivity index (χ0n) is 15.9. The lowest BCUT2D eigenvalue weighted by Gasteiger charge is -2.26. The Bertz CT molecular complexity index is 539. The summed E-state index contributed by atoms with van der Waals surface area (Å²) in [5.74, 6) is 1.56. The highest BCUT2D eigenvalue weighted by Crippen LogP contribution is 1.99. The lowest BCUT2D eigenvalue weighted by Crippen LogP contribution is -2.41. The minimum absolute atomic E-state index is 0.0227. The summed E-state index contributed by atoms with van der Waals surface area (Å²) in [5, 5.41) is 6.58. The zero-order chi connectivity index (χ0) is 18.6. The van der Waals surface area contributed by atoms with E-state index in [1.807, 2.05) is 12.1 Å². The summed E-state index contributed by atoms with van der Waals surface area (Å²) in [6, 6.07) is 3.83. The van der Waals surface area contributed by atoms with Crippen LogP contribution in [0, 0.1) is 0 Å². The minimum Gasteiger partial charge on any atom is -0.469 e. The number of nitrogens with one attached hydrogen (secondary N) is 2. The largest absolute Gasteiger partial charge is 0.469 e. The normalized spacial score (nSPS) is 15.7. The fraction of sp³-hybridized carbons (Fsp3) is 0.667. The van der Waals surface area contributed by atoms with Crippen molar-refractivity contribution in [2.75, 3.05) is 66.6 Å². The first kappa shape index (κ1) is 20.3. The summed E-state index contributed by atoms with van der Waals surface area (Å²) >= 11 is 0.